The molecule has 0 amide bonds. The van der Waals surface area contributed by atoms with Gasteiger partial charge in [-0.2, -0.15) is 4.89 Å². The number of methoxy groups -OCH3 is 1. The molecule has 22 heavy (non-hydrogen) atoms. The molecule has 1 aliphatic heterocycles. The van der Waals surface area contributed by atoms with Crippen molar-refractivity contribution in [1.29, 1.82) is 0 Å². The maximum Gasteiger partial charge on any atom is 0.317 e. The minimum atomic E-state index is -0.806. The first-order chi connectivity index (χ1) is 10.8. The van der Waals surface area contributed by atoms with Gasteiger partial charge in [-0.3, -0.25) is 0 Å². The van der Waals surface area contributed by atoms with Crippen LogP contribution in [-0.2, 0) is 25.9 Å². The second-order valence-corrected chi connectivity index (χ2v) is 5.54. The molecule has 0 saturated carbocycles. The van der Waals surface area contributed by atoms with Gasteiger partial charge in [-0.25, -0.2) is 9.73 Å². The minimum Gasteiger partial charge on any atom is -0.330 e. The molecule has 2 rings (SSSR count). The Balaban J connectivity index is 1.85. The number of benzene rings is 1. The number of unbranched alkanes of at least 4 members (excludes halogenated alkanes) is 4. The molecule has 1 saturated heterocycles. The molecule has 1 aliphatic rings. The quantitative estimate of drug-likeness (QED) is 0.509. The molecule has 5 nitrogen and oxygen atoms in total. The van der Waals surface area contributed by atoms with Crippen LogP contribution in [0, 0.1) is 0 Å². The highest BCUT2D eigenvalue weighted by molar-refractivity contribution is 5.14. The smallest absolute Gasteiger partial charge is 0.317 e. The number of rotatable bonds is 9. The third-order valence-corrected chi connectivity index (χ3v) is 3.72. The molecule has 0 aliphatic carbocycles. The van der Waals surface area contributed by atoms with E-state index < -0.39 is 6.48 Å². The van der Waals surface area contributed by atoms with Crippen molar-refractivity contribution >= 4 is 0 Å². The number of ether oxygens (including phenoxy) is 1. The topological polar surface area (TPSA) is 40.2 Å². The zero-order valence-corrected chi connectivity index (χ0v) is 13.6. The van der Waals surface area contributed by atoms with Crippen molar-refractivity contribution in [2.45, 2.75) is 64.7 Å². The molecule has 1 aromatic carbocycles. The van der Waals surface area contributed by atoms with Crippen molar-refractivity contribution in [2.75, 3.05) is 7.11 Å². The third kappa shape index (κ3) is 5.66. The molecule has 1 fully saturated rings. The first kappa shape index (κ1) is 17.4. The van der Waals surface area contributed by atoms with Gasteiger partial charge < -0.3 is 4.74 Å². The summed E-state index contributed by atoms with van der Waals surface area (Å²) in [4.78, 5) is 16.2. The van der Waals surface area contributed by atoms with Crippen LogP contribution in [0.15, 0.2) is 30.3 Å². The Morgan fingerprint density at radius 1 is 1.05 bits per heavy atom. The lowest BCUT2D eigenvalue weighted by Gasteiger charge is -2.36. The van der Waals surface area contributed by atoms with Crippen LogP contribution >= 0.6 is 0 Å². The Morgan fingerprint density at radius 2 is 1.82 bits per heavy atom. The standard InChI is InChI=1S/C17H27NO4/c1-3-4-5-6-10-13-16-18(20-17(19-2)22-21-16)14-15-11-8-7-9-12-15/h7-9,11-12,16-17H,3-6,10,13-14H2,1-2H3. The second kappa shape index (κ2) is 9.92. The van der Waals surface area contributed by atoms with Crippen LogP contribution in [0.2, 0.25) is 0 Å². The second-order valence-electron chi connectivity index (χ2n) is 5.54. The maximum atomic E-state index is 5.69. The zero-order chi connectivity index (χ0) is 15.6. The minimum absolute atomic E-state index is 0.201. The highest BCUT2D eigenvalue weighted by atomic mass is 17.3. The SMILES string of the molecule is CCCCCCCC1OOC(OC)ON1Cc1ccccc1. The van der Waals surface area contributed by atoms with E-state index in [1.54, 1.807) is 0 Å². The molecule has 0 spiro atoms. The summed E-state index contributed by atoms with van der Waals surface area (Å²) in [5.41, 5.74) is 1.17. The predicted molar refractivity (Wildman–Crippen MR) is 83.2 cm³/mol. The molecule has 1 aromatic rings. The van der Waals surface area contributed by atoms with E-state index in [0.29, 0.717) is 6.54 Å². The summed E-state index contributed by atoms with van der Waals surface area (Å²) in [6, 6.07) is 10.2. The molecular weight excluding hydrogens is 282 g/mol. The summed E-state index contributed by atoms with van der Waals surface area (Å²) < 4.78 is 5.05. The number of hydrogen-bond donors (Lipinski definition) is 0. The highest BCUT2D eigenvalue weighted by Crippen LogP contribution is 2.22. The first-order valence-electron chi connectivity index (χ1n) is 8.15. The van der Waals surface area contributed by atoms with Crippen LogP contribution in [-0.4, -0.2) is 24.9 Å². The molecule has 0 radical (unpaired) electrons. The van der Waals surface area contributed by atoms with Crippen molar-refractivity contribution in [3.63, 3.8) is 0 Å². The van der Waals surface area contributed by atoms with Gasteiger partial charge in [0.1, 0.15) is 0 Å². The van der Waals surface area contributed by atoms with Gasteiger partial charge in [0, 0.05) is 7.11 Å². The van der Waals surface area contributed by atoms with Crippen LogP contribution in [0.3, 0.4) is 0 Å². The van der Waals surface area contributed by atoms with Gasteiger partial charge in [-0.1, -0.05) is 62.9 Å². The monoisotopic (exact) mass is 309 g/mol. The molecule has 2 unspecified atom stereocenters. The van der Waals surface area contributed by atoms with Gasteiger partial charge in [0.05, 0.1) is 6.54 Å². The Morgan fingerprint density at radius 3 is 2.55 bits per heavy atom. The first-order valence-corrected chi connectivity index (χ1v) is 8.15. The summed E-state index contributed by atoms with van der Waals surface area (Å²) in [5, 5.41) is 1.81. The number of hydrogen-bond acceptors (Lipinski definition) is 5. The van der Waals surface area contributed by atoms with Gasteiger partial charge in [-0.15, -0.1) is 5.06 Å². The number of nitrogens with zero attached hydrogens (tertiary/aromatic N) is 1. The fraction of sp³-hybridized carbons (Fsp3) is 0.647. The number of hydroxylamine groups is 2. The summed E-state index contributed by atoms with van der Waals surface area (Å²) >= 11 is 0. The Bertz CT molecular complexity index is 401. The van der Waals surface area contributed by atoms with E-state index in [1.165, 1.54) is 38.4 Å². The van der Waals surface area contributed by atoms with Crippen LogP contribution < -0.4 is 0 Å². The maximum absolute atomic E-state index is 5.69. The molecule has 0 aromatic heterocycles. The average molecular weight is 309 g/mol. The van der Waals surface area contributed by atoms with Crippen molar-refractivity contribution in [2.24, 2.45) is 0 Å². The van der Waals surface area contributed by atoms with E-state index >= 15 is 0 Å². The fourth-order valence-electron chi connectivity index (χ4n) is 2.45. The van der Waals surface area contributed by atoms with E-state index in [4.69, 9.17) is 19.3 Å². The van der Waals surface area contributed by atoms with Crippen LogP contribution in [0.1, 0.15) is 51.0 Å². The van der Waals surface area contributed by atoms with Gasteiger partial charge in [0.25, 0.3) is 0 Å². The Labute approximate surface area is 133 Å². The molecule has 5 heteroatoms. The molecule has 0 N–H and O–H groups in total. The van der Waals surface area contributed by atoms with Crippen molar-refractivity contribution in [3.05, 3.63) is 35.9 Å². The van der Waals surface area contributed by atoms with Gasteiger partial charge in [-0.05, 0) is 18.4 Å². The Hall–Kier alpha value is -0.980. The van der Waals surface area contributed by atoms with E-state index in [0.717, 1.165) is 12.8 Å². The lowest BCUT2D eigenvalue weighted by atomic mass is 10.1. The molecule has 124 valence electrons. The van der Waals surface area contributed by atoms with Crippen molar-refractivity contribution < 1.29 is 19.3 Å². The van der Waals surface area contributed by atoms with Gasteiger partial charge in [0.15, 0.2) is 6.23 Å². The summed E-state index contributed by atoms with van der Waals surface area (Å²) in [6.45, 7) is 2.06. The van der Waals surface area contributed by atoms with Gasteiger partial charge in [0.2, 0.25) is 0 Å². The molecule has 0 bridgehead atoms. The van der Waals surface area contributed by atoms with E-state index in [9.17, 15) is 0 Å². The molecule has 1 heterocycles. The zero-order valence-electron chi connectivity index (χ0n) is 13.6. The Kier molecular flexibility index (Phi) is 7.83. The van der Waals surface area contributed by atoms with Crippen LogP contribution in [0.25, 0.3) is 0 Å². The van der Waals surface area contributed by atoms with Crippen molar-refractivity contribution in [3.8, 4) is 0 Å². The van der Waals surface area contributed by atoms with E-state index in [-0.39, 0.29) is 6.23 Å². The van der Waals surface area contributed by atoms with Crippen LogP contribution in [0.5, 0.6) is 0 Å². The largest absolute Gasteiger partial charge is 0.330 e. The lowest BCUT2D eigenvalue weighted by Crippen LogP contribution is -2.46. The normalized spacial score (nSPS) is 22.8. The lowest BCUT2D eigenvalue weighted by molar-refractivity contribution is -0.570. The van der Waals surface area contributed by atoms with Gasteiger partial charge >= 0.3 is 6.48 Å². The average Bonchev–Trinajstić information content (AvgIpc) is 2.56. The highest BCUT2D eigenvalue weighted by Gasteiger charge is 2.31. The molecule has 2 atom stereocenters. The summed E-state index contributed by atoms with van der Waals surface area (Å²) in [6.07, 6.45) is 6.80. The van der Waals surface area contributed by atoms with E-state index in [1.807, 2.05) is 23.3 Å². The fourth-order valence-corrected chi connectivity index (χ4v) is 2.45. The van der Waals surface area contributed by atoms with Crippen molar-refractivity contribution in [1.82, 2.24) is 5.06 Å². The predicted octanol–water partition coefficient (Wildman–Crippen LogP) is 4.00. The summed E-state index contributed by atoms with van der Waals surface area (Å²) in [5.74, 6) is 0. The van der Waals surface area contributed by atoms with Crippen LogP contribution in [0.4, 0.5) is 0 Å². The third-order valence-electron chi connectivity index (χ3n) is 3.72. The molecular formula is C17H27NO4. The van der Waals surface area contributed by atoms with E-state index in [2.05, 4.69) is 19.1 Å². The summed E-state index contributed by atoms with van der Waals surface area (Å²) in [7, 11) is 1.53.